The molecule has 4 nitrogen and oxygen atoms in total. The minimum Gasteiger partial charge on any atom is -0.444 e. The molecular weight excluding hydrogens is 194 g/mol. The van der Waals surface area contributed by atoms with Crippen molar-refractivity contribution in [2.75, 3.05) is 0 Å². The summed E-state index contributed by atoms with van der Waals surface area (Å²) in [4.78, 5) is 22.1. The van der Waals surface area contributed by atoms with E-state index in [0.29, 0.717) is 0 Å². The quantitative estimate of drug-likeness (QED) is 0.731. The summed E-state index contributed by atoms with van der Waals surface area (Å²) in [6, 6.07) is -0.468. The second kappa shape index (κ2) is 5.73. The third-order valence-corrected chi connectivity index (χ3v) is 2.09. The molecule has 0 heterocycles. The molecule has 0 bridgehead atoms. The Hall–Kier alpha value is -1.06. The van der Waals surface area contributed by atoms with Gasteiger partial charge in [-0.2, -0.15) is 0 Å². The Morgan fingerprint density at radius 2 is 2.00 bits per heavy atom. The van der Waals surface area contributed by atoms with Crippen LogP contribution in [0.15, 0.2) is 0 Å². The number of hydrogen-bond donors (Lipinski definition) is 1. The van der Waals surface area contributed by atoms with Crippen molar-refractivity contribution in [2.24, 2.45) is 5.92 Å². The van der Waals surface area contributed by atoms with Crippen LogP contribution >= 0.6 is 0 Å². The lowest BCUT2D eigenvalue weighted by Crippen LogP contribution is -2.43. The second-order valence-corrected chi connectivity index (χ2v) is 4.69. The molecule has 0 aromatic carbocycles. The van der Waals surface area contributed by atoms with E-state index in [9.17, 15) is 9.59 Å². The van der Waals surface area contributed by atoms with Crippen molar-refractivity contribution < 1.29 is 14.3 Å². The van der Waals surface area contributed by atoms with Crippen molar-refractivity contribution in [1.29, 1.82) is 0 Å². The van der Waals surface area contributed by atoms with Crippen molar-refractivity contribution in [2.45, 2.75) is 52.7 Å². The van der Waals surface area contributed by atoms with Crippen LogP contribution in [0.1, 0.15) is 41.0 Å². The zero-order chi connectivity index (χ0) is 12.1. The van der Waals surface area contributed by atoms with Gasteiger partial charge in [0.15, 0.2) is 0 Å². The lowest BCUT2D eigenvalue weighted by Gasteiger charge is -2.23. The number of nitrogens with one attached hydrogen (secondary N) is 1. The molecule has 0 aliphatic carbocycles. The number of amides is 1. The van der Waals surface area contributed by atoms with Crippen molar-refractivity contribution >= 4 is 12.4 Å². The number of ether oxygens (including phenoxy) is 1. The number of carbonyl (C=O) groups is 2. The standard InChI is InChI=1S/C11H21NO3/c1-6-8(2)9(7-13)12-10(14)15-11(3,4)5/h7-9H,6H2,1-5H3,(H,12,14)/t8-,9-/m1/s1. The molecule has 0 aromatic rings. The van der Waals surface area contributed by atoms with Crippen LogP contribution in [0, 0.1) is 5.92 Å². The van der Waals surface area contributed by atoms with Gasteiger partial charge in [-0.05, 0) is 26.7 Å². The Balaban J connectivity index is 4.19. The molecule has 0 aliphatic rings. The lowest BCUT2D eigenvalue weighted by atomic mass is 10.0. The van der Waals surface area contributed by atoms with E-state index < -0.39 is 17.7 Å². The van der Waals surface area contributed by atoms with Crippen LogP contribution < -0.4 is 5.32 Å². The summed E-state index contributed by atoms with van der Waals surface area (Å²) in [7, 11) is 0. The van der Waals surface area contributed by atoms with E-state index in [1.165, 1.54) is 0 Å². The molecule has 4 heteroatoms. The van der Waals surface area contributed by atoms with E-state index in [4.69, 9.17) is 4.74 Å². The monoisotopic (exact) mass is 215 g/mol. The van der Waals surface area contributed by atoms with Gasteiger partial charge < -0.3 is 14.8 Å². The van der Waals surface area contributed by atoms with Gasteiger partial charge >= 0.3 is 6.09 Å². The van der Waals surface area contributed by atoms with Crippen LogP contribution in [0.5, 0.6) is 0 Å². The summed E-state index contributed by atoms with van der Waals surface area (Å²) >= 11 is 0. The zero-order valence-corrected chi connectivity index (χ0v) is 10.2. The van der Waals surface area contributed by atoms with Crippen LogP contribution in [0.25, 0.3) is 0 Å². The molecule has 0 rings (SSSR count). The molecule has 0 unspecified atom stereocenters. The van der Waals surface area contributed by atoms with Gasteiger partial charge in [0.05, 0.1) is 6.04 Å². The van der Waals surface area contributed by atoms with Gasteiger partial charge in [-0.25, -0.2) is 4.79 Å². The van der Waals surface area contributed by atoms with Crippen molar-refractivity contribution in [1.82, 2.24) is 5.32 Å². The van der Waals surface area contributed by atoms with Crippen LogP contribution in [-0.2, 0) is 9.53 Å². The van der Waals surface area contributed by atoms with Crippen LogP contribution in [-0.4, -0.2) is 24.0 Å². The molecule has 0 saturated carbocycles. The summed E-state index contributed by atoms with van der Waals surface area (Å²) in [6.07, 6.45) is 1.04. The van der Waals surface area contributed by atoms with Gasteiger partial charge in [-0.1, -0.05) is 20.3 Å². The average Bonchev–Trinajstić information content (AvgIpc) is 2.10. The first kappa shape index (κ1) is 13.9. The Kier molecular flexibility index (Phi) is 5.33. The Morgan fingerprint density at radius 3 is 2.33 bits per heavy atom. The first-order valence-corrected chi connectivity index (χ1v) is 5.25. The molecular formula is C11H21NO3. The smallest absolute Gasteiger partial charge is 0.408 e. The molecule has 0 radical (unpaired) electrons. The first-order chi connectivity index (χ1) is 6.80. The van der Waals surface area contributed by atoms with Gasteiger partial charge in [0.2, 0.25) is 0 Å². The normalized spacial score (nSPS) is 15.3. The Labute approximate surface area is 91.4 Å². The third kappa shape index (κ3) is 6.10. The van der Waals surface area contributed by atoms with E-state index in [-0.39, 0.29) is 5.92 Å². The molecule has 0 saturated heterocycles. The highest BCUT2D eigenvalue weighted by molar-refractivity contribution is 5.73. The van der Waals surface area contributed by atoms with E-state index in [1.54, 1.807) is 20.8 Å². The predicted octanol–water partition coefficient (Wildman–Crippen LogP) is 2.12. The topological polar surface area (TPSA) is 55.4 Å². The summed E-state index contributed by atoms with van der Waals surface area (Å²) in [5.74, 6) is 0.120. The predicted molar refractivity (Wildman–Crippen MR) is 58.7 cm³/mol. The van der Waals surface area contributed by atoms with Crippen LogP contribution in [0.4, 0.5) is 4.79 Å². The minimum atomic E-state index is -0.542. The number of hydrogen-bond acceptors (Lipinski definition) is 3. The number of alkyl carbamates (subject to hydrolysis) is 1. The summed E-state index contributed by atoms with van der Waals surface area (Å²) < 4.78 is 5.06. The minimum absolute atomic E-state index is 0.120. The lowest BCUT2D eigenvalue weighted by molar-refractivity contribution is -0.110. The van der Waals surface area contributed by atoms with E-state index in [1.807, 2.05) is 13.8 Å². The van der Waals surface area contributed by atoms with E-state index >= 15 is 0 Å². The van der Waals surface area contributed by atoms with Gasteiger partial charge in [0.1, 0.15) is 11.9 Å². The first-order valence-electron chi connectivity index (χ1n) is 5.25. The zero-order valence-electron chi connectivity index (χ0n) is 10.2. The highest BCUT2D eigenvalue weighted by atomic mass is 16.6. The molecule has 1 N–H and O–H groups in total. The average molecular weight is 215 g/mol. The Morgan fingerprint density at radius 1 is 1.47 bits per heavy atom. The fourth-order valence-corrected chi connectivity index (χ4v) is 1.01. The molecule has 0 spiro atoms. The summed E-state index contributed by atoms with van der Waals surface area (Å²) in [6.45, 7) is 9.23. The van der Waals surface area contributed by atoms with Crippen molar-refractivity contribution in [3.05, 3.63) is 0 Å². The van der Waals surface area contributed by atoms with Crippen LogP contribution in [0.2, 0.25) is 0 Å². The maximum absolute atomic E-state index is 11.4. The molecule has 2 atom stereocenters. The molecule has 0 fully saturated rings. The highest BCUT2D eigenvalue weighted by Gasteiger charge is 2.21. The number of rotatable bonds is 4. The second-order valence-electron chi connectivity index (χ2n) is 4.69. The number of aldehydes is 1. The van der Waals surface area contributed by atoms with Crippen molar-refractivity contribution in [3.63, 3.8) is 0 Å². The third-order valence-electron chi connectivity index (χ3n) is 2.09. The number of carbonyl (C=O) groups excluding carboxylic acids is 2. The SMILES string of the molecule is CC[C@@H](C)[C@@H](C=O)NC(=O)OC(C)(C)C. The molecule has 15 heavy (non-hydrogen) atoms. The maximum Gasteiger partial charge on any atom is 0.408 e. The van der Waals surface area contributed by atoms with Gasteiger partial charge in [-0.15, -0.1) is 0 Å². The van der Waals surface area contributed by atoms with Gasteiger partial charge in [-0.3, -0.25) is 0 Å². The summed E-state index contributed by atoms with van der Waals surface area (Å²) in [5, 5.41) is 2.54. The van der Waals surface area contributed by atoms with E-state index in [2.05, 4.69) is 5.32 Å². The summed E-state index contributed by atoms with van der Waals surface area (Å²) in [5.41, 5.74) is -0.535. The molecule has 1 amide bonds. The van der Waals surface area contributed by atoms with Gasteiger partial charge in [0, 0.05) is 0 Å². The largest absolute Gasteiger partial charge is 0.444 e. The fraction of sp³-hybridized carbons (Fsp3) is 0.818. The molecule has 88 valence electrons. The fourth-order valence-electron chi connectivity index (χ4n) is 1.01. The molecule has 0 aliphatic heterocycles. The maximum atomic E-state index is 11.4. The van der Waals surface area contributed by atoms with E-state index in [0.717, 1.165) is 12.7 Å². The van der Waals surface area contributed by atoms with Gasteiger partial charge in [0.25, 0.3) is 0 Å². The van der Waals surface area contributed by atoms with Crippen molar-refractivity contribution in [3.8, 4) is 0 Å². The van der Waals surface area contributed by atoms with Crippen LogP contribution in [0.3, 0.4) is 0 Å². The Bertz CT molecular complexity index is 220. The highest BCUT2D eigenvalue weighted by Crippen LogP contribution is 2.09. The molecule has 0 aromatic heterocycles.